The summed E-state index contributed by atoms with van der Waals surface area (Å²) >= 11 is 6.67. The Morgan fingerprint density at radius 2 is 2.12 bits per heavy atom. The topological polar surface area (TPSA) is 84.2 Å². The van der Waals surface area contributed by atoms with Crippen molar-refractivity contribution < 1.29 is 4.79 Å². The molecule has 2 aromatic heterocycles. The van der Waals surface area contributed by atoms with E-state index < -0.39 is 0 Å². The summed E-state index contributed by atoms with van der Waals surface area (Å²) in [6.07, 6.45) is 1.16. The van der Waals surface area contributed by atoms with E-state index in [0.29, 0.717) is 11.5 Å². The maximum Gasteiger partial charge on any atom is 0.234 e. The van der Waals surface area contributed by atoms with Crippen molar-refractivity contribution in [2.75, 3.05) is 5.32 Å². The van der Waals surface area contributed by atoms with Crippen LogP contribution in [0, 0.1) is 6.92 Å². The molecular formula is C16H18N6OS2. The fourth-order valence-electron chi connectivity index (χ4n) is 2.25. The van der Waals surface area contributed by atoms with E-state index in [1.807, 2.05) is 32.0 Å². The zero-order valence-electron chi connectivity index (χ0n) is 14.2. The third-order valence-corrected chi connectivity index (χ3v) is 4.83. The first-order chi connectivity index (χ1) is 12.0. The summed E-state index contributed by atoms with van der Waals surface area (Å²) in [5.74, 6) is 0.721. The summed E-state index contributed by atoms with van der Waals surface area (Å²) in [7, 11) is 0. The van der Waals surface area contributed by atoms with Crippen molar-refractivity contribution in [3.8, 4) is 10.6 Å². The van der Waals surface area contributed by atoms with Crippen molar-refractivity contribution in [3.63, 3.8) is 0 Å². The lowest BCUT2D eigenvalue weighted by molar-refractivity contribution is -0.119. The van der Waals surface area contributed by atoms with Crippen LogP contribution in [0.15, 0.2) is 18.2 Å². The highest BCUT2D eigenvalue weighted by Gasteiger charge is 2.13. The van der Waals surface area contributed by atoms with Gasteiger partial charge in [-0.2, -0.15) is 9.61 Å². The molecule has 0 aliphatic heterocycles. The van der Waals surface area contributed by atoms with Gasteiger partial charge in [-0.3, -0.25) is 4.79 Å². The summed E-state index contributed by atoms with van der Waals surface area (Å²) in [6, 6.07) is 5.97. The summed E-state index contributed by atoms with van der Waals surface area (Å²) in [4.78, 5) is 12.2. The Morgan fingerprint density at radius 3 is 2.84 bits per heavy atom. The third-order valence-electron chi connectivity index (χ3n) is 3.68. The monoisotopic (exact) mass is 374 g/mol. The number of aryl methyl sites for hydroxylation is 2. The maximum atomic E-state index is 11.5. The third kappa shape index (κ3) is 3.67. The Kier molecular flexibility index (Phi) is 5.05. The van der Waals surface area contributed by atoms with Crippen molar-refractivity contribution in [2.24, 2.45) is 0 Å². The molecule has 0 atom stereocenters. The average molecular weight is 374 g/mol. The lowest BCUT2D eigenvalue weighted by Crippen LogP contribution is -2.33. The number of fused-ring (bicyclic) bond motifs is 1. The molecule has 7 nitrogen and oxygen atoms in total. The number of carbonyl (C=O) groups is 1. The summed E-state index contributed by atoms with van der Waals surface area (Å²) in [5, 5.41) is 19.7. The Morgan fingerprint density at radius 1 is 1.32 bits per heavy atom. The number of thiocarbonyl (C=S) groups is 1. The maximum absolute atomic E-state index is 11.5. The van der Waals surface area contributed by atoms with Crippen LogP contribution in [0.25, 0.3) is 15.5 Å². The minimum absolute atomic E-state index is 0.118. The molecular weight excluding hydrogens is 356 g/mol. The molecule has 130 valence electrons. The van der Waals surface area contributed by atoms with Crippen LogP contribution in [-0.2, 0) is 11.2 Å². The number of hydrogen-bond acceptors (Lipinski definition) is 6. The molecule has 2 N–H and O–H groups in total. The second kappa shape index (κ2) is 7.24. The standard InChI is InChI=1S/C16H18N6OS2/c1-4-12-19-20-16-22(12)21-14(25-16)10-7-6-9(3)11(8-10)17-15(24)18-13(23)5-2/h6-8H,4-5H2,1-3H3,(H2,17,18,23,24). The first-order valence-electron chi connectivity index (χ1n) is 7.94. The van der Waals surface area contributed by atoms with Gasteiger partial charge in [0, 0.05) is 24.1 Å². The van der Waals surface area contributed by atoms with Crippen LogP contribution in [-0.4, -0.2) is 30.8 Å². The first kappa shape index (κ1) is 17.4. The van der Waals surface area contributed by atoms with E-state index in [4.69, 9.17) is 12.2 Å². The van der Waals surface area contributed by atoms with Crippen molar-refractivity contribution in [1.82, 2.24) is 25.1 Å². The highest BCUT2D eigenvalue weighted by molar-refractivity contribution is 7.80. The van der Waals surface area contributed by atoms with Gasteiger partial charge in [-0.25, -0.2) is 0 Å². The molecule has 1 aromatic carbocycles. The predicted molar refractivity (Wildman–Crippen MR) is 103 cm³/mol. The van der Waals surface area contributed by atoms with Gasteiger partial charge < -0.3 is 10.6 Å². The van der Waals surface area contributed by atoms with Crippen LogP contribution >= 0.6 is 23.6 Å². The lowest BCUT2D eigenvalue weighted by atomic mass is 10.1. The van der Waals surface area contributed by atoms with Gasteiger partial charge in [-0.15, -0.1) is 10.2 Å². The molecule has 0 spiro atoms. The number of anilines is 1. The van der Waals surface area contributed by atoms with E-state index in [1.165, 1.54) is 11.3 Å². The molecule has 1 amide bonds. The lowest BCUT2D eigenvalue weighted by Gasteiger charge is -2.12. The van der Waals surface area contributed by atoms with Gasteiger partial charge in [0.05, 0.1) is 0 Å². The van der Waals surface area contributed by atoms with Gasteiger partial charge >= 0.3 is 0 Å². The fourth-order valence-corrected chi connectivity index (χ4v) is 3.33. The number of amides is 1. The number of rotatable bonds is 4. The van der Waals surface area contributed by atoms with Gasteiger partial charge in [0.15, 0.2) is 10.9 Å². The largest absolute Gasteiger partial charge is 0.332 e. The van der Waals surface area contributed by atoms with Crippen molar-refractivity contribution in [1.29, 1.82) is 0 Å². The minimum atomic E-state index is -0.118. The van der Waals surface area contributed by atoms with E-state index in [-0.39, 0.29) is 5.91 Å². The van der Waals surface area contributed by atoms with Crippen LogP contribution in [0.2, 0.25) is 0 Å². The van der Waals surface area contributed by atoms with Crippen LogP contribution in [0.4, 0.5) is 5.69 Å². The Hall–Kier alpha value is -2.39. The Labute approximate surface area is 154 Å². The van der Waals surface area contributed by atoms with E-state index in [2.05, 4.69) is 25.9 Å². The number of nitrogens with zero attached hydrogens (tertiary/aromatic N) is 4. The number of aromatic nitrogens is 4. The quantitative estimate of drug-likeness (QED) is 0.683. The van der Waals surface area contributed by atoms with E-state index in [0.717, 1.165) is 39.0 Å². The first-order valence-corrected chi connectivity index (χ1v) is 9.17. The SMILES string of the molecule is CCC(=O)NC(=S)Nc1cc(-c2nn3c(CC)nnc3s2)ccc1C. The molecule has 0 bridgehead atoms. The molecule has 0 aliphatic rings. The fraction of sp³-hybridized carbons (Fsp3) is 0.312. The van der Waals surface area contributed by atoms with Gasteiger partial charge in [-0.1, -0.05) is 37.3 Å². The average Bonchev–Trinajstić information content (AvgIpc) is 3.16. The van der Waals surface area contributed by atoms with E-state index in [9.17, 15) is 4.79 Å². The molecule has 0 saturated carbocycles. The van der Waals surface area contributed by atoms with Gasteiger partial charge in [0.25, 0.3) is 0 Å². The van der Waals surface area contributed by atoms with E-state index >= 15 is 0 Å². The molecule has 0 unspecified atom stereocenters. The molecule has 3 rings (SSSR count). The highest BCUT2D eigenvalue weighted by atomic mass is 32.1. The van der Waals surface area contributed by atoms with Crippen molar-refractivity contribution in [2.45, 2.75) is 33.6 Å². The Balaban J connectivity index is 1.88. The van der Waals surface area contributed by atoms with E-state index in [1.54, 1.807) is 11.4 Å². The second-order valence-electron chi connectivity index (χ2n) is 5.46. The minimum Gasteiger partial charge on any atom is -0.332 e. The molecule has 0 fully saturated rings. The van der Waals surface area contributed by atoms with Crippen molar-refractivity contribution in [3.05, 3.63) is 29.6 Å². The summed E-state index contributed by atoms with van der Waals surface area (Å²) in [5.41, 5.74) is 2.81. The predicted octanol–water partition coefficient (Wildman–Crippen LogP) is 2.95. The highest BCUT2D eigenvalue weighted by Crippen LogP contribution is 2.29. The van der Waals surface area contributed by atoms with Crippen LogP contribution in [0.1, 0.15) is 31.7 Å². The van der Waals surface area contributed by atoms with Crippen LogP contribution < -0.4 is 10.6 Å². The van der Waals surface area contributed by atoms with Gasteiger partial charge in [0.1, 0.15) is 5.01 Å². The van der Waals surface area contributed by atoms with Gasteiger partial charge in [0.2, 0.25) is 10.9 Å². The van der Waals surface area contributed by atoms with Crippen LogP contribution in [0.3, 0.4) is 0 Å². The molecule has 0 saturated heterocycles. The van der Waals surface area contributed by atoms with Gasteiger partial charge in [-0.05, 0) is 30.8 Å². The smallest absolute Gasteiger partial charge is 0.234 e. The number of nitrogens with one attached hydrogen (secondary N) is 2. The second-order valence-corrected chi connectivity index (χ2v) is 6.82. The summed E-state index contributed by atoms with van der Waals surface area (Å²) < 4.78 is 1.78. The molecule has 2 heterocycles. The summed E-state index contributed by atoms with van der Waals surface area (Å²) in [6.45, 7) is 5.78. The van der Waals surface area contributed by atoms with Crippen molar-refractivity contribution >= 4 is 45.2 Å². The molecule has 0 aliphatic carbocycles. The van der Waals surface area contributed by atoms with Crippen LogP contribution in [0.5, 0.6) is 0 Å². The molecule has 3 aromatic rings. The zero-order chi connectivity index (χ0) is 18.0. The number of benzene rings is 1. The number of hydrogen-bond donors (Lipinski definition) is 2. The molecule has 25 heavy (non-hydrogen) atoms. The Bertz CT molecular complexity index is 945. The molecule has 9 heteroatoms. The molecule has 0 radical (unpaired) electrons. The normalized spacial score (nSPS) is 10.8. The zero-order valence-corrected chi connectivity index (χ0v) is 15.8. The number of carbonyl (C=O) groups excluding carboxylic acids is 1.